The van der Waals surface area contributed by atoms with Crippen LogP contribution in [-0.2, 0) is 0 Å². The third-order valence-electron chi connectivity index (χ3n) is 7.38. The van der Waals surface area contributed by atoms with Gasteiger partial charge in [0.15, 0.2) is 11.7 Å². The highest BCUT2D eigenvalue weighted by Crippen LogP contribution is 2.34. The van der Waals surface area contributed by atoms with Gasteiger partial charge in [0.05, 0.1) is 26.9 Å². The molecule has 0 radical (unpaired) electrons. The number of para-hydroxylation sites is 2. The van der Waals surface area contributed by atoms with Crippen LogP contribution in [0.4, 0.5) is 11.4 Å². The molecule has 0 unspecified atom stereocenters. The van der Waals surface area contributed by atoms with Gasteiger partial charge >= 0.3 is 0 Å². The maximum Gasteiger partial charge on any atom is 0.244 e. The first-order valence-corrected chi connectivity index (χ1v) is 14.2. The van der Waals surface area contributed by atoms with Gasteiger partial charge in [-0.3, -0.25) is 4.90 Å². The molecule has 0 N–H and O–H groups in total. The van der Waals surface area contributed by atoms with Gasteiger partial charge in [0, 0.05) is 11.4 Å². The van der Waals surface area contributed by atoms with Crippen LogP contribution in [0.3, 0.4) is 0 Å². The van der Waals surface area contributed by atoms with Gasteiger partial charge in [0.1, 0.15) is 22.8 Å². The van der Waals surface area contributed by atoms with Crippen molar-refractivity contribution in [1.82, 2.24) is 4.90 Å². The summed E-state index contributed by atoms with van der Waals surface area (Å²) in [6.45, 7) is 1.98. The smallest absolute Gasteiger partial charge is 0.244 e. The molecule has 3 aliphatic heterocycles. The predicted molar refractivity (Wildman–Crippen MR) is 177 cm³/mol. The van der Waals surface area contributed by atoms with Gasteiger partial charge in [-0.05, 0) is 55.0 Å². The lowest BCUT2D eigenvalue weighted by Gasteiger charge is -2.33. The molecule has 7 rings (SSSR count). The van der Waals surface area contributed by atoms with Crippen LogP contribution in [-0.4, -0.2) is 61.7 Å². The lowest BCUT2D eigenvalue weighted by molar-refractivity contribution is 0.392. The van der Waals surface area contributed by atoms with E-state index in [0.717, 1.165) is 22.5 Å². The second-order valence-corrected chi connectivity index (χ2v) is 10.0. The molecular formula is C34H28N8O3. The molecule has 4 aromatic rings. The van der Waals surface area contributed by atoms with Crippen LogP contribution < -0.4 is 19.1 Å². The normalized spacial score (nSPS) is 15.0. The van der Waals surface area contributed by atoms with Gasteiger partial charge in [-0.2, -0.15) is 30.0 Å². The fraction of sp³-hybridized carbons (Fsp3) is 0.118. The van der Waals surface area contributed by atoms with E-state index in [-0.39, 0.29) is 0 Å². The SMILES string of the molecule is COc1cccc(C)c1C1=NC2=NC(N(c3ccccc3)c3ccccc3)=NC3=NC(c4c(OC)cccc4OC)=NC(=N1)N32. The van der Waals surface area contributed by atoms with Crippen molar-refractivity contribution in [2.45, 2.75) is 6.92 Å². The fourth-order valence-electron chi connectivity index (χ4n) is 5.30. The molecule has 0 fully saturated rings. The van der Waals surface area contributed by atoms with Crippen LogP contribution in [0.15, 0.2) is 127 Å². The fourth-order valence-corrected chi connectivity index (χ4v) is 5.30. The zero-order valence-electron chi connectivity index (χ0n) is 25.0. The van der Waals surface area contributed by atoms with Crippen molar-refractivity contribution in [3.63, 3.8) is 0 Å². The largest absolute Gasteiger partial charge is 0.496 e. The summed E-state index contributed by atoms with van der Waals surface area (Å²) >= 11 is 0. The number of rotatable bonds is 7. The minimum absolute atomic E-state index is 0.295. The molecule has 0 saturated heterocycles. The van der Waals surface area contributed by atoms with Gasteiger partial charge in [-0.15, -0.1) is 0 Å². The topological polar surface area (TPSA) is 108 Å². The molecule has 0 amide bonds. The molecule has 3 aliphatic rings. The van der Waals surface area contributed by atoms with Crippen molar-refractivity contribution in [1.29, 1.82) is 0 Å². The Hall–Kier alpha value is -6.10. The van der Waals surface area contributed by atoms with E-state index in [1.807, 2.05) is 109 Å². The first-order chi connectivity index (χ1) is 22.1. The molecule has 0 saturated carbocycles. The molecule has 45 heavy (non-hydrogen) atoms. The minimum Gasteiger partial charge on any atom is -0.496 e. The second-order valence-electron chi connectivity index (χ2n) is 10.0. The van der Waals surface area contributed by atoms with Crippen molar-refractivity contribution in [3.8, 4) is 17.2 Å². The molecular weight excluding hydrogens is 568 g/mol. The van der Waals surface area contributed by atoms with Crippen LogP contribution in [0.2, 0.25) is 0 Å². The van der Waals surface area contributed by atoms with E-state index in [1.165, 1.54) is 0 Å². The molecule has 0 aromatic heterocycles. The number of anilines is 2. The molecule has 222 valence electrons. The van der Waals surface area contributed by atoms with Crippen molar-refractivity contribution < 1.29 is 14.2 Å². The number of benzene rings is 4. The number of hydrogen-bond acceptors (Lipinski definition) is 11. The third kappa shape index (κ3) is 4.89. The number of nitrogens with zero attached hydrogens (tertiary/aromatic N) is 8. The number of hydrogen-bond donors (Lipinski definition) is 0. The van der Waals surface area contributed by atoms with Crippen LogP contribution in [0.1, 0.15) is 16.7 Å². The van der Waals surface area contributed by atoms with E-state index in [2.05, 4.69) is 0 Å². The Morgan fingerprint density at radius 1 is 0.489 bits per heavy atom. The number of amidine groups is 2. The van der Waals surface area contributed by atoms with Gasteiger partial charge in [0.25, 0.3) is 0 Å². The quantitative estimate of drug-likeness (QED) is 0.267. The van der Waals surface area contributed by atoms with E-state index in [1.54, 1.807) is 26.2 Å². The molecule has 0 atom stereocenters. The van der Waals surface area contributed by atoms with Gasteiger partial charge in [0.2, 0.25) is 23.8 Å². The standard InChI is InChI=1S/C34H28N8O3/c1-21-13-11-18-24(43-2)27(21)29-35-31-37-30(28-25(44-3)19-12-20-26(28)45-4)38-33-40-34(39-32(36-29)42(31)33)41(22-14-7-5-8-15-22)23-16-9-6-10-17-23/h5-20H,1-4H3. The first kappa shape index (κ1) is 27.7. The van der Waals surface area contributed by atoms with E-state index in [4.69, 9.17) is 44.2 Å². The van der Waals surface area contributed by atoms with E-state index in [9.17, 15) is 0 Å². The highest BCUT2D eigenvalue weighted by Gasteiger charge is 2.38. The van der Waals surface area contributed by atoms with Crippen LogP contribution in [0.5, 0.6) is 17.2 Å². The summed E-state index contributed by atoms with van der Waals surface area (Å²) in [4.78, 5) is 33.1. The van der Waals surface area contributed by atoms with Gasteiger partial charge < -0.3 is 14.2 Å². The highest BCUT2D eigenvalue weighted by atomic mass is 16.5. The van der Waals surface area contributed by atoms with Crippen molar-refractivity contribution in [2.75, 3.05) is 26.2 Å². The zero-order chi connectivity index (χ0) is 30.9. The lowest BCUT2D eigenvalue weighted by Crippen LogP contribution is -2.49. The Bertz CT molecular complexity index is 1920. The van der Waals surface area contributed by atoms with E-state index in [0.29, 0.717) is 58.3 Å². The average molecular weight is 597 g/mol. The minimum atomic E-state index is 0.295. The van der Waals surface area contributed by atoms with E-state index >= 15 is 0 Å². The Balaban J connectivity index is 1.49. The van der Waals surface area contributed by atoms with Crippen LogP contribution in [0, 0.1) is 6.92 Å². The van der Waals surface area contributed by atoms with Gasteiger partial charge in [-0.1, -0.05) is 54.6 Å². The number of guanidine groups is 4. The number of methoxy groups -OCH3 is 3. The van der Waals surface area contributed by atoms with Crippen molar-refractivity contribution >= 4 is 46.9 Å². The summed E-state index contributed by atoms with van der Waals surface area (Å²) in [5.74, 6) is 3.71. The van der Waals surface area contributed by atoms with Crippen molar-refractivity contribution in [2.24, 2.45) is 30.0 Å². The molecule has 11 heteroatoms. The summed E-state index contributed by atoms with van der Waals surface area (Å²) in [5, 5.41) is 0. The summed E-state index contributed by atoms with van der Waals surface area (Å²) in [5.41, 5.74) is 3.97. The zero-order valence-corrected chi connectivity index (χ0v) is 25.0. The van der Waals surface area contributed by atoms with Crippen molar-refractivity contribution in [3.05, 3.63) is 114 Å². The average Bonchev–Trinajstić information content (AvgIpc) is 3.08. The Kier molecular flexibility index (Phi) is 7.10. The molecule has 4 aromatic carbocycles. The molecule has 0 bridgehead atoms. The second kappa shape index (κ2) is 11.5. The van der Waals surface area contributed by atoms with Gasteiger partial charge in [-0.25, -0.2) is 4.90 Å². The summed E-state index contributed by atoms with van der Waals surface area (Å²) in [7, 11) is 4.80. The molecule has 3 heterocycles. The number of aliphatic imine (C=N–C) groups is 6. The van der Waals surface area contributed by atoms with Crippen LogP contribution in [0.25, 0.3) is 0 Å². The monoisotopic (exact) mass is 596 g/mol. The number of ether oxygens (including phenoxy) is 3. The summed E-state index contributed by atoms with van der Waals surface area (Å²) in [6.07, 6.45) is 0. The van der Waals surface area contributed by atoms with E-state index < -0.39 is 0 Å². The molecule has 11 nitrogen and oxygen atoms in total. The summed E-state index contributed by atoms with van der Waals surface area (Å²) < 4.78 is 17.1. The number of aryl methyl sites for hydroxylation is 1. The maximum absolute atomic E-state index is 5.72. The Morgan fingerprint density at radius 2 is 0.956 bits per heavy atom. The molecule has 0 spiro atoms. The lowest BCUT2D eigenvalue weighted by atomic mass is 10.1. The maximum atomic E-state index is 5.72. The van der Waals surface area contributed by atoms with Crippen LogP contribution >= 0.6 is 0 Å². The summed E-state index contributed by atoms with van der Waals surface area (Å²) in [6, 6.07) is 31.1. The Labute approximate surface area is 259 Å². The first-order valence-electron chi connectivity index (χ1n) is 14.2. The third-order valence-corrected chi connectivity index (χ3v) is 7.38. The molecule has 0 aliphatic carbocycles. The highest BCUT2D eigenvalue weighted by molar-refractivity contribution is 6.34. The Morgan fingerprint density at radius 3 is 1.51 bits per heavy atom. The predicted octanol–water partition coefficient (Wildman–Crippen LogP) is 5.82.